The summed E-state index contributed by atoms with van der Waals surface area (Å²) in [7, 11) is 1.58. The van der Waals surface area contributed by atoms with E-state index in [-0.39, 0.29) is 5.82 Å². The average Bonchev–Trinajstić information content (AvgIpc) is 3.11. The Bertz CT molecular complexity index is 1100. The molecule has 2 N–H and O–H groups in total. The molecule has 0 unspecified atom stereocenters. The van der Waals surface area contributed by atoms with Crippen LogP contribution in [0.4, 0.5) is 10.1 Å². The van der Waals surface area contributed by atoms with Gasteiger partial charge in [-0.15, -0.1) is 11.4 Å². The van der Waals surface area contributed by atoms with Crippen molar-refractivity contribution in [3.05, 3.63) is 75.7 Å². The van der Waals surface area contributed by atoms with Crippen LogP contribution >= 0.6 is 11.4 Å². The molecule has 1 radical (unpaired) electrons. The molecule has 131 valence electrons. The molecule has 5 nitrogen and oxygen atoms in total. The lowest BCUT2D eigenvalue weighted by Crippen LogP contribution is -2.26. The maximum absolute atomic E-state index is 13.0. The molecule has 1 aromatic heterocycles. The summed E-state index contributed by atoms with van der Waals surface area (Å²) >= 11 is 1.40. The number of benzene rings is 2. The highest BCUT2D eigenvalue weighted by molar-refractivity contribution is 8.02. The van der Waals surface area contributed by atoms with Crippen molar-refractivity contribution < 1.29 is 13.5 Å². The molecule has 0 saturated carbocycles. The number of halogens is 1. The van der Waals surface area contributed by atoms with Crippen LogP contribution in [-0.2, 0) is 0 Å². The molecule has 1 aliphatic rings. The molecule has 2 heterocycles. The van der Waals surface area contributed by atoms with Crippen LogP contribution in [0.15, 0.2) is 63.2 Å². The molecule has 0 aliphatic carbocycles. The lowest BCUT2D eigenvalue weighted by Gasteiger charge is -2.10. The highest BCUT2D eigenvalue weighted by Crippen LogP contribution is 2.24. The Morgan fingerprint density at radius 3 is 2.73 bits per heavy atom. The van der Waals surface area contributed by atoms with E-state index in [0.29, 0.717) is 22.6 Å². The summed E-state index contributed by atoms with van der Waals surface area (Å²) in [5.41, 5.74) is 1.88. The van der Waals surface area contributed by atoms with Gasteiger partial charge in [-0.05, 0) is 48.5 Å². The van der Waals surface area contributed by atoms with Crippen LogP contribution in [0.2, 0.25) is 0 Å². The predicted molar refractivity (Wildman–Crippen MR) is 103 cm³/mol. The molecule has 0 fully saturated rings. The lowest BCUT2D eigenvalue weighted by molar-refractivity contribution is 0.415. The first kappa shape index (κ1) is 16.3. The zero-order chi connectivity index (χ0) is 18.1. The number of ether oxygens (including phenoxy) is 1. The Balaban J connectivity index is 1.58. The van der Waals surface area contributed by atoms with E-state index in [0.717, 1.165) is 16.2 Å². The summed E-state index contributed by atoms with van der Waals surface area (Å²) in [6.45, 7) is 0. The number of fused-ring (bicyclic) bond motifs is 1. The van der Waals surface area contributed by atoms with Crippen LogP contribution < -0.4 is 21.0 Å². The Morgan fingerprint density at radius 2 is 1.96 bits per heavy atom. The highest BCUT2D eigenvalue weighted by Gasteiger charge is 2.16. The third-order valence-corrected chi connectivity index (χ3v) is 4.67. The standard InChI is InChI=1S/C19H14FN2O3S/c1-24-14-6-7-17-11(8-14)9-15(18(23)25-17)16-10-26-19(22-16)21-13-4-2-12(20)3-5-13/h2-10,21-22H,1H3. The number of anilines is 1. The predicted octanol–water partition coefficient (Wildman–Crippen LogP) is 3.78. The Morgan fingerprint density at radius 1 is 1.15 bits per heavy atom. The first-order chi connectivity index (χ1) is 12.6. The summed E-state index contributed by atoms with van der Waals surface area (Å²) in [6, 6.07) is 13.1. The van der Waals surface area contributed by atoms with E-state index in [2.05, 4.69) is 10.6 Å². The van der Waals surface area contributed by atoms with Crippen molar-refractivity contribution >= 4 is 38.8 Å². The van der Waals surface area contributed by atoms with Crippen LogP contribution in [0.1, 0.15) is 5.56 Å². The molecule has 2 aromatic carbocycles. The summed E-state index contributed by atoms with van der Waals surface area (Å²) < 4.78 is 23.6. The minimum atomic E-state index is -0.426. The van der Waals surface area contributed by atoms with E-state index >= 15 is 0 Å². The molecule has 26 heavy (non-hydrogen) atoms. The zero-order valence-corrected chi connectivity index (χ0v) is 14.5. The molecule has 1 aliphatic heterocycles. The smallest absolute Gasteiger partial charge is 0.345 e. The fourth-order valence-corrected chi connectivity index (χ4v) is 3.34. The van der Waals surface area contributed by atoms with Crippen LogP contribution in [-0.4, -0.2) is 12.2 Å². The third kappa shape index (κ3) is 3.16. The van der Waals surface area contributed by atoms with Gasteiger partial charge in [0.25, 0.3) is 0 Å². The normalized spacial score (nSPS) is 13.2. The third-order valence-electron chi connectivity index (χ3n) is 3.87. The molecular weight excluding hydrogens is 355 g/mol. The van der Waals surface area contributed by atoms with Gasteiger partial charge in [0, 0.05) is 16.5 Å². The largest absolute Gasteiger partial charge is 0.497 e. The van der Waals surface area contributed by atoms with Crippen molar-refractivity contribution in [3.8, 4) is 5.75 Å². The van der Waals surface area contributed by atoms with E-state index in [1.54, 1.807) is 37.4 Å². The molecule has 7 heteroatoms. The van der Waals surface area contributed by atoms with Crippen molar-refractivity contribution in [1.82, 2.24) is 5.32 Å². The van der Waals surface area contributed by atoms with Gasteiger partial charge in [-0.3, -0.25) is 0 Å². The number of hydrogen-bond acceptors (Lipinski definition) is 5. The highest BCUT2D eigenvalue weighted by atomic mass is 32.1. The summed E-state index contributed by atoms with van der Waals surface area (Å²) in [4.78, 5) is 12.3. The fraction of sp³-hybridized carbons (Fsp3) is 0.0526. The van der Waals surface area contributed by atoms with E-state index in [4.69, 9.17) is 9.15 Å². The van der Waals surface area contributed by atoms with Crippen molar-refractivity contribution in [2.75, 3.05) is 12.4 Å². The number of methoxy groups -OCH3 is 1. The van der Waals surface area contributed by atoms with E-state index in [1.807, 2.05) is 11.5 Å². The second-order valence-corrected chi connectivity index (χ2v) is 6.47. The van der Waals surface area contributed by atoms with Crippen molar-refractivity contribution in [2.24, 2.45) is 0 Å². The molecule has 0 atom stereocenters. The van der Waals surface area contributed by atoms with Crippen LogP contribution in [0.5, 0.6) is 5.75 Å². The average molecular weight is 369 g/mol. The quantitative estimate of drug-likeness (QED) is 0.543. The topological polar surface area (TPSA) is 63.5 Å². The van der Waals surface area contributed by atoms with Gasteiger partial charge in [0.2, 0.25) is 0 Å². The molecule has 3 aromatic rings. The second kappa shape index (κ2) is 6.61. The van der Waals surface area contributed by atoms with Gasteiger partial charge in [0.15, 0.2) is 5.11 Å². The minimum Gasteiger partial charge on any atom is -0.497 e. The maximum Gasteiger partial charge on any atom is 0.345 e. The number of hydrogen-bond donors (Lipinski definition) is 2. The number of nitrogens with one attached hydrogen (secondary N) is 2. The monoisotopic (exact) mass is 369 g/mol. The lowest BCUT2D eigenvalue weighted by atomic mass is 10.1. The van der Waals surface area contributed by atoms with E-state index < -0.39 is 5.63 Å². The maximum atomic E-state index is 13.0. The Hall–Kier alpha value is -3.19. The van der Waals surface area contributed by atoms with Crippen LogP contribution in [0.25, 0.3) is 16.7 Å². The van der Waals surface area contributed by atoms with Gasteiger partial charge in [-0.25, -0.2) is 9.18 Å². The fourth-order valence-electron chi connectivity index (χ4n) is 2.57. The molecule has 0 spiro atoms. The first-order valence-electron chi connectivity index (χ1n) is 7.78. The van der Waals surface area contributed by atoms with E-state index in [9.17, 15) is 9.18 Å². The first-order valence-corrected chi connectivity index (χ1v) is 8.66. The van der Waals surface area contributed by atoms with Crippen LogP contribution in [0.3, 0.4) is 0 Å². The van der Waals surface area contributed by atoms with Crippen LogP contribution in [0, 0.1) is 5.82 Å². The number of rotatable bonds is 3. The van der Waals surface area contributed by atoms with Gasteiger partial charge < -0.3 is 19.8 Å². The minimum absolute atomic E-state index is 0.296. The Labute approximate surface area is 152 Å². The Kier molecular flexibility index (Phi) is 4.14. The summed E-state index contributed by atoms with van der Waals surface area (Å²) in [5, 5.41) is 9.60. The molecule has 0 amide bonds. The van der Waals surface area contributed by atoms with Crippen molar-refractivity contribution in [2.45, 2.75) is 0 Å². The zero-order valence-electron chi connectivity index (χ0n) is 13.7. The van der Waals surface area contributed by atoms with Crippen molar-refractivity contribution in [3.63, 3.8) is 0 Å². The van der Waals surface area contributed by atoms with Gasteiger partial charge in [0.05, 0.1) is 18.4 Å². The summed E-state index contributed by atoms with van der Waals surface area (Å²) in [6.07, 6.45) is 0. The van der Waals surface area contributed by atoms with Gasteiger partial charge in [0.1, 0.15) is 17.1 Å². The molecule has 0 bridgehead atoms. The second-order valence-electron chi connectivity index (χ2n) is 5.59. The SMILES string of the molecule is COc1ccc2oc(=O)c(C3=C[S]=C(Nc4ccc(F)cc4)N3)cc2c1. The van der Waals surface area contributed by atoms with Gasteiger partial charge >= 0.3 is 5.63 Å². The van der Waals surface area contributed by atoms with Gasteiger partial charge in [-0.2, -0.15) is 0 Å². The molecule has 0 saturated heterocycles. The van der Waals surface area contributed by atoms with E-state index in [1.165, 1.54) is 23.5 Å². The van der Waals surface area contributed by atoms with Gasteiger partial charge in [-0.1, -0.05) is 0 Å². The summed E-state index contributed by atoms with van der Waals surface area (Å²) in [5.74, 6) is 0.390. The van der Waals surface area contributed by atoms with Crippen molar-refractivity contribution in [1.29, 1.82) is 0 Å². The molecule has 4 rings (SSSR count). The molecular formula is C19H14FN2O3S.